The smallest absolute Gasteiger partial charge is 0.307 e. The molecule has 0 radical (unpaired) electrons. The van der Waals surface area contributed by atoms with E-state index in [2.05, 4.69) is 37.3 Å². The maximum atomic E-state index is 14.3. The van der Waals surface area contributed by atoms with E-state index >= 15 is 0 Å². The molecule has 15 nitrogen and oxygen atoms in total. The van der Waals surface area contributed by atoms with Crippen LogP contribution in [0.15, 0.2) is 46.5 Å². The minimum atomic E-state index is -0.282. The van der Waals surface area contributed by atoms with Gasteiger partial charge in [0.15, 0.2) is 0 Å². The Morgan fingerprint density at radius 2 is 1.42 bits per heavy atom. The number of nitrogens with zero attached hydrogens (tertiary/aromatic N) is 2. The number of hydrogen-bond acceptors (Lipinski definition) is 14. The van der Waals surface area contributed by atoms with Crippen molar-refractivity contribution in [2.45, 2.75) is 133 Å². The minimum Gasteiger partial charge on any atom is -0.498 e. The third-order valence-corrected chi connectivity index (χ3v) is 17.8. The third kappa shape index (κ3) is 12.2. The summed E-state index contributed by atoms with van der Waals surface area (Å²) in [5.74, 6) is 6.91. The Balaban J connectivity index is 0.801. The summed E-state index contributed by atoms with van der Waals surface area (Å²) < 4.78 is 47.2. The number of rotatable bonds is 22. The highest BCUT2D eigenvalue weighted by molar-refractivity contribution is 7.99. The first kappa shape index (κ1) is 50.7. The zero-order chi connectivity index (χ0) is 47.7. The molecule has 0 bridgehead atoms. The highest BCUT2D eigenvalue weighted by atomic mass is 32.2. The van der Waals surface area contributed by atoms with Crippen LogP contribution in [0.5, 0.6) is 0 Å². The number of methoxy groups -OCH3 is 3. The van der Waals surface area contributed by atoms with Crippen LogP contribution in [0.25, 0.3) is 0 Å². The van der Waals surface area contributed by atoms with Gasteiger partial charge in [0.05, 0.1) is 85.8 Å². The van der Waals surface area contributed by atoms with Crippen LogP contribution < -0.4 is 10.6 Å². The van der Waals surface area contributed by atoms with Gasteiger partial charge in [-0.05, 0) is 86.9 Å². The zero-order valence-electron chi connectivity index (χ0n) is 41.6. The van der Waals surface area contributed by atoms with E-state index in [9.17, 15) is 14.4 Å². The Morgan fingerprint density at radius 1 is 0.725 bits per heavy atom. The van der Waals surface area contributed by atoms with Crippen molar-refractivity contribution in [2.24, 2.45) is 35.5 Å². The second-order valence-electron chi connectivity index (χ2n) is 21.0. The van der Waals surface area contributed by atoms with Crippen LogP contribution in [-0.4, -0.2) is 157 Å². The number of ether oxygens (including phenoxy) is 8. The molecule has 4 aliphatic heterocycles. The number of carbonyl (C=O) groups is 3. The van der Waals surface area contributed by atoms with Gasteiger partial charge in [-0.3, -0.25) is 14.4 Å². The summed E-state index contributed by atoms with van der Waals surface area (Å²) in [4.78, 5) is 44.2. The van der Waals surface area contributed by atoms with Gasteiger partial charge in [-0.15, -0.1) is 0 Å². The largest absolute Gasteiger partial charge is 0.498 e. The summed E-state index contributed by atoms with van der Waals surface area (Å²) in [5, 5.41) is 7.66. The molecule has 384 valence electrons. The quantitative estimate of drug-likeness (QED) is 0.0715. The van der Waals surface area contributed by atoms with Crippen molar-refractivity contribution in [1.29, 1.82) is 0 Å². The molecule has 0 spiro atoms. The molecule has 11 atom stereocenters. The Kier molecular flexibility index (Phi) is 17.9. The van der Waals surface area contributed by atoms with Crippen LogP contribution in [0, 0.1) is 35.5 Å². The van der Waals surface area contributed by atoms with Gasteiger partial charge in [-0.2, -0.15) is 11.8 Å². The van der Waals surface area contributed by atoms with E-state index in [4.69, 9.17) is 33.2 Å². The highest BCUT2D eigenvalue weighted by Gasteiger charge is 2.51. The molecule has 0 aromatic carbocycles. The molecule has 69 heavy (non-hydrogen) atoms. The average molecular weight is 981 g/mol. The standard InChI is InChI=1S/C53H80N4O11S/c1-61-47-25-41-43(54-29-39-23-37-8-4-6-10-45(37)56(39)52(41)59)27-49(47)67-31-34-20-35(22-36(21-34)33-69-19-18-66-17-16-65-15-14-64-13-12-51(58)63-3)32-68-50-28-44-42(26-48(50)62-2)53(60)57-40(30-55-44)24-38-9-5-7-11-46(38)57/h10,22,34,36-44,46,54-55H,4-9,11-21,23-33H2,1-3H3/t34-,36-,37+,38-,39-,40-,41-,42+,43+,44?,46-/m0/s1. The lowest BCUT2D eigenvalue weighted by Gasteiger charge is -2.37. The van der Waals surface area contributed by atoms with Crippen LogP contribution in [0.3, 0.4) is 0 Å². The van der Waals surface area contributed by atoms with Crippen molar-refractivity contribution in [3.8, 4) is 0 Å². The molecule has 5 fully saturated rings. The molecule has 0 aromatic heterocycles. The van der Waals surface area contributed by atoms with E-state index in [1.54, 1.807) is 14.2 Å². The van der Waals surface area contributed by atoms with Crippen LogP contribution in [0.2, 0.25) is 0 Å². The van der Waals surface area contributed by atoms with Gasteiger partial charge in [0.25, 0.3) is 0 Å². The molecule has 0 aromatic rings. The topological polar surface area (TPSA) is 156 Å². The van der Waals surface area contributed by atoms with Gasteiger partial charge in [-0.25, -0.2) is 0 Å². The predicted molar refractivity (Wildman–Crippen MR) is 261 cm³/mol. The lowest BCUT2D eigenvalue weighted by molar-refractivity contribution is -0.142. The molecule has 9 aliphatic rings. The van der Waals surface area contributed by atoms with Crippen LogP contribution in [-0.2, 0) is 52.3 Å². The maximum Gasteiger partial charge on any atom is 0.307 e. The molecule has 5 aliphatic carbocycles. The van der Waals surface area contributed by atoms with Crippen molar-refractivity contribution in [2.75, 3.05) is 98.8 Å². The van der Waals surface area contributed by atoms with Crippen LogP contribution in [0.4, 0.5) is 0 Å². The Labute approximate surface area is 414 Å². The van der Waals surface area contributed by atoms with Crippen molar-refractivity contribution in [3.05, 3.63) is 46.5 Å². The van der Waals surface area contributed by atoms with Crippen molar-refractivity contribution < 1.29 is 52.3 Å². The first-order chi connectivity index (χ1) is 33.8. The molecule has 16 heteroatoms. The van der Waals surface area contributed by atoms with E-state index in [-0.39, 0.29) is 60.2 Å². The summed E-state index contributed by atoms with van der Waals surface area (Å²) in [6.45, 7) is 5.54. The number of amides is 2. The molecule has 4 saturated heterocycles. The summed E-state index contributed by atoms with van der Waals surface area (Å²) >= 11 is 1.90. The van der Waals surface area contributed by atoms with E-state index in [0.717, 1.165) is 86.2 Å². The fourth-order valence-electron chi connectivity index (χ4n) is 13.3. The lowest BCUT2D eigenvalue weighted by Crippen LogP contribution is -2.47. The van der Waals surface area contributed by atoms with E-state index in [0.29, 0.717) is 108 Å². The van der Waals surface area contributed by atoms with E-state index < -0.39 is 0 Å². The molecule has 2 N–H and O–H groups in total. The normalized spacial score (nSPS) is 33.2. The number of fused-ring (bicyclic) bond motifs is 8. The first-order valence-corrected chi connectivity index (χ1v) is 27.6. The number of allylic oxidation sites excluding steroid dienone is 5. The van der Waals surface area contributed by atoms with Gasteiger partial charge in [-0.1, -0.05) is 25.0 Å². The van der Waals surface area contributed by atoms with Crippen LogP contribution >= 0.6 is 11.8 Å². The SMILES string of the molecule is COC(=O)CCOCCOCCOCCSC[C@@H]1C=C(COC2=C(OC)C[C@H]3C(=O)N4[C@H](CNC3C2)C[C@@H]2CCCC[C@@H]24)C[C@H](COC2=C(OC)C[C@@H]3C(=O)N4C5=CCCC[C@@H]5C[C@H]4CN[C@@H]3C2)C1. The summed E-state index contributed by atoms with van der Waals surface area (Å²) in [7, 11) is 4.81. The third-order valence-electron chi connectivity index (χ3n) is 16.7. The second kappa shape index (κ2) is 24.4. The molecule has 4 heterocycles. The summed E-state index contributed by atoms with van der Waals surface area (Å²) in [6, 6.07) is 0.953. The molecule has 1 saturated carbocycles. The van der Waals surface area contributed by atoms with E-state index in [1.165, 1.54) is 50.5 Å². The molecule has 2 amide bonds. The Bertz CT molecular complexity index is 1930. The predicted octanol–water partition coefficient (Wildman–Crippen LogP) is 6.24. The fraction of sp³-hybridized carbons (Fsp3) is 0.792. The molecule has 1 unspecified atom stereocenters. The van der Waals surface area contributed by atoms with E-state index in [1.807, 2.05) is 11.8 Å². The fourth-order valence-corrected chi connectivity index (χ4v) is 14.3. The lowest BCUT2D eigenvalue weighted by atomic mass is 9.82. The Morgan fingerprint density at radius 3 is 2.17 bits per heavy atom. The van der Waals surface area contributed by atoms with Crippen molar-refractivity contribution in [3.63, 3.8) is 0 Å². The molecule has 9 rings (SSSR count). The average Bonchev–Trinajstić information content (AvgIpc) is 3.87. The number of carbonyl (C=O) groups excluding carboxylic acids is 3. The molecular formula is C53H80N4O11S. The number of thioether (sulfide) groups is 1. The number of esters is 1. The van der Waals surface area contributed by atoms with Gasteiger partial charge in [0, 0.05) is 86.3 Å². The van der Waals surface area contributed by atoms with Gasteiger partial charge in [0.2, 0.25) is 11.8 Å². The second-order valence-corrected chi connectivity index (χ2v) is 22.1. The minimum absolute atomic E-state index is 0.0173. The summed E-state index contributed by atoms with van der Waals surface area (Å²) in [6.07, 6.45) is 19.8. The number of nitrogens with one attached hydrogen (secondary N) is 2. The maximum absolute atomic E-state index is 14.3. The van der Waals surface area contributed by atoms with Crippen molar-refractivity contribution >= 4 is 29.5 Å². The van der Waals surface area contributed by atoms with Crippen molar-refractivity contribution in [1.82, 2.24) is 20.4 Å². The number of hydrogen-bond donors (Lipinski definition) is 2. The summed E-state index contributed by atoms with van der Waals surface area (Å²) in [5.41, 5.74) is 2.53. The molecular weight excluding hydrogens is 901 g/mol. The zero-order valence-corrected chi connectivity index (χ0v) is 42.4. The van der Waals surface area contributed by atoms with Gasteiger partial charge >= 0.3 is 5.97 Å². The Hall–Kier alpha value is -3.28. The van der Waals surface area contributed by atoms with Crippen LogP contribution in [0.1, 0.15) is 103 Å². The highest BCUT2D eigenvalue weighted by Crippen LogP contribution is 2.46. The first-order valence-electron chi connectivity index (χ1n) is 26.5. The van der Waals surface area contributed by atoms with Gasteiger partial charge in [0.1, 0.15) is 29.6 Å². The van der Waals surface area contributed by atoms with Gasteiger partial charge < -0.3 is 58.3 Å². The monoisotopic (exact) mass is 981 g/mol.